The van der Waals surface area contributed by atoms with Gasteiger partial charge in [-0.25, -0.2) is 0 Å². The maximum Gasteiger partial charge on any atom is 0.266 e. The van der Waals surface area contributed by atoms with Crippen molar-refractivity contribution in [1.29, 1.82) is 0 Å². The van der Waals surface area contributed by atoms with Gasteiger partial charge in [-0.3, -0.25) is 9.59 Å². The molecule has 4 nitrogen and oxygen atoms in total. The third kappa shape index (κ3) is 4.31. The number of amides is 1. The van der Waals surface area contributed by atoms with E-state index in [1.165, 1.54) is 6.92 Å². The lowest BCUT2D eigenvalue weighted by Crippen LogP contribution is -2.20. The highest BCUT2D eigenvalue weighted by atomic mass is 35.5. The summed E-state index contributed by atoms with van der Waals surface area (Å²) in [6, 6.07) is 1.59. The predicted octanol–water partition coefficient (Wildman–Crippen LogP) is 1.57. The van der Waals surface area contributed by atoms with Gasteiger partial charge in [0.15, 0.2) is 0 Å². The van der Waals surface area contributed by atoms with Crippen LogP contribution in [0.4, 0.5) is 0 Å². The van der Waals surface area contributed by atoms with Crippen LogP contribution < -0.4 is 10.9 Å². The fraction of sp³-hybridized carbons (Fsp3) is 0.273. The van der Waals surface area contributed by atoms with Gasteiger partial charge in [0.05, 0.1) is 0 Å². The summed E-state index contributed by atoms with van der Waals surface area (Å²) in [6.07, 6.45) is 6.06. The number of carbonyl (C=O) groups excluding carboxylic acids is 1. The number of nitrogens with one attached hydrogen (secondary N) is 2. The minimum absolute atomic E-state index is 0.0412. The maximum absolute atomic E-state index is 11.0. The molecule has 0 aliphatic carbocycles. The number of hydrogen-bond donors (Lipinski definition) is 2. The van der Waals surface area contributed by atoms with E-state index in [4.69, 9.17) is 11.6 Å². The minimum atomic E-state index is -0.294. The van der Waals surface area contributed by atoms with Crippen molar-refractivity contribution in [1.82, 2.24) is 10.3 Å². The first-order chi connectivity index (χ1) is 7.59. The molecule has 0 saturated carbocycles. The molecule has 0 aromatic carbocycles. The predicted molar refractivity (Wildman–Crippen MR) is 64.4 cm³/mol. The van der Waals surface area contributed by atoms with Crippen molar-refractivity contribution in [2.24, 2.45) is 0 Å². The van der Waals surface area contributed by atoms with Crippen LogP contribution in [0.5, 0.6) is 0 Å². The van der Waals surface area contributed by atoms with Gasteiger partial charge in [0, 0.05) is 19.7 Å². The second kappa shape index (κ2) is 6.12. The molecule has 0 bridgehead atoms. The molecular formula is C11H13ClN2O2. The van der Waals surface area contributed by atoms with Crippen LogP contribution in [0.1, 0.15) is 18.9 Å². The second-order valence-corrected chi connectivity index (χ2v) is 3.69. The van der Waals surface area contributed by atoms with Crippen LogP contribution in [0.25, 0.3) is 6.08 Å². The Morgan fingerprint density at radius 2 is 2.38 bits per heavy atom. The molecule has 0 aliphatic rings. The lowest BCUT2D eigenvalue weighted by Gasteiger charge is -1.97. The van der Waals surface area contributed by atoms with E-state index < -0.39 is 0 Å². The van der Waals surface area contributed by atoms with Gasteiger partial charge < -0.3 is 10.3 Å². The van der Waals surface area contributed by atoms with E-state index in [1.54, 1.807) is 12.3 Å². The van der Waals surface area contributed by atoms with Crippen LogP contribution in [0.2, 0.25) is 5.02 Å². The number of rotatable bonds is 4. The topological polar surface area (TPSA) is 62.0 Å². The molecule has 0 saturated heterocycles. The summed E-state index contributed by atoms with van der Waals surface area (Å²) in [5.41, 5.74) is 0.532. The average molecular weight is 241 g/mol. The molecule has 0 spiro atoms. The van der Waals surface area contributed by atoms with Crippen LogP contribution in [0.3, 0.4) is 0 Å². The highest BCUT2D eigenvalue weighted by Crippen LogP contribution is 2.05. The molecule has 1 aromatic rings. The summed E-state index contributed by atoms with van der Waals surface area (Å²) in [5, 5.41) is 2.85. The Labute approximate surface area is 98.3 Å². The molecule has 2 N–H and O–H groups in total. The Morgan fingerprint density at radius 1 is 1.62 bits per heavy atom. The van der Waals surface area contributed by atoms with Crippen molar-refractivity contribution in [3.05, 3.63) is 39.3 Å². The number of aromatic nitrogens is 1. The lowest BCUT2D eigenvalue weighted by atomic mass is 10.2. The summed E-state index contributed by atoms with van der Waals surface area (Å²) in [5.74, 6) is -0.0412. The maximum atomic E-state index is 11.0. The average Bonchev–Trinajstić information content (AvgIpc) is 2.22. The van der Waals surface area contributed by atoms with Gasteiger partial charge in [-0.2, -0.15) is 0 Å². The molecule has 0 aliphatic heterocycles. The number of pyridine rings is 1. The van der Waals surface area contributed by atoms with Gasteiger partial charge in [0.25, 0.3) is 5.56 Å². The SMILES string of the molecule is CC(=O)NCCC=Cc1c[nH]c(=O)c(Cl)c1. The van der Waals surface area contributed by atoms with Gasteiger partial charge in [0.2, 0.25) is 5.91 Å². The van der Waals surface area contributed by atoms with E-state index in [0.717, 1.165) is 12.0 Å². The van der Waals surface area contributed by atoms with Crippen molar-refractivity contribution in [3.8, 4) is 0 Å². The number of aromatic amines is 1. The molecule has 1 amide bonds. The van der Waals surface area contributed by atoms with Gasteiger partial charge >= 0.3 is 0 Å². The molecule has 1 heterocycles. The van der Waals surface area contributed by atoms with E-state index in [0.29, 0.717) is 6.54 Å². The fourth-order valence-corrected chi connectivity index (χ4v) is 1.30. The molecule has 86 valence electrons. The van der Waals surface area contributed by atoms with Gasteiger partial charge in [-0.15, -0.1) is 0 Å². The van der Waals surface area contributed by atoms with Crippen LogP contribution in [-0.2, 0) is 4.79 Å². The van der Waals surface area contributed by atoms with Crippen LogP contribution in [0.15, 0.2) is 23.1 Å². The lowest BCUT2D eigenvalue weighted by molar-refractivity contribution is -0.118. The van der Waals surface area contributed by atoms with E-state index >= 15 is 0 Å². The van der Waals surface area contributed by atoms with Gasteiger partial charge in [0.1, 0.15) is 5.02 Å². The molecule has 1 rings (SSSR count). The Kier molecular flexibility index (Phi) is 4.79. The van der Waals surface area contributed by atoms with Crippen molar-refractivity contribution >= 4 is 23.6 Å². The Bertz CT molecular complexity index is 452. The van der Waals surface area contributed by atoms with E-state index in [9.17, 15) is 9.59 Å². The Morgan fingerprint density at radius 3 is 3.00 bits per heavy atom. The van der Waals surface area contributed by atoms with Crippen LogP contribution >= 0.6 is 11.6 Å². The summed E-state index contributed by atoms with van der Waals surface area (Å²) >= 11 is 5.66. The zero-order chi connectivity index (χ0) is 12.0. The van der Waals surface area contributed by atoms with E-state index in [2.05, 4.69) is 10.3 Å². The first kappa shape index (κ1) is 12.5. The highest BCUT2D eigenvalue weighted by molar-refractivity contribution is 6.30. The molecule has 1 aromatic heterocycles. The van der Waals surface area contributed by atoms with Crippen molar-refractivity contribution in [3.63, 3.8) is 0 Å². The molecular weight excluding hydrogens is 228 g/mol. The summed E-state index contributed by atoms with van der Waals surface area (Å²) in [4.78, 5) is 24.0. The third-order valence-electron chi connectivity index (χ3n) is 1.88. The summed E-state index contributed by atoms with van der Waals surface area (Å²) < 4.78 is 0. The normalized spacial score (nSPS) is 10.6. The summed E-state index contributed by atoms with van der Waals surface area (Å²) in [7, 11) is 0. The Hall–Kier alpha value is -1.55. The van der Waals surface area contributed by atoms with Gasteiger partial charge in [-0.1, -0.05) is 23.8 Å². The molecule has 5 heteroatoms. The van der Waals surface area contributed by atoms with Crippen molar-refractivity contribution in [2.45, 2.75) is 13.3 Å². The number of H-pyrrole nitrogens is 1. The number of carbonyl (C=O) groups is 1. The molecule has 0 unspecified atom stereocenters. The van der Waals surface area contributed by atoms with Crippen LogP contribution in [0, 0.1) is 0 Å². The largest absolute Gasteiger partial charge is 0.356 e. The Balaban J connectivity index is 2.47. The molecule has 16 heavy (non-hydrogen) atoms. The third-order valence-corrected chi connectivity index (χ3v) is 2.16. The quantitative estimate of drug-likeness (QED) is 0.785. The minimum Gasteiger partial charge on any atom is -0.356 e. The monoisotopic (exact) mass is 240 g/mol. The molecule has 0 atom stereocenters. The smallest absolute Gasteiger partial charge is 0.266 e. The summed E-state index contributed by atoms with van der Waals surface area (Å²) in [6.45, 7) is 2.08. The number of hydrogen-bond acceptors (Lipinski definition) is 2. The van der Waals surface area contributed by atoms with Gasteiger partial charge in [-0.05, 0) is 18.1 Å². The standard InChI is InChI=1S/C11H13ClN2O2/c1-8(15)13-5-3-2-4-9-6-10(12)11(16)14-7-9/h2,4,6-7H,3,5H2,1H3,(H,13,15)(H,14,16). The second-order valence-electron chi connectivity index (χ2n) is 3.28. The zero-order valence-corrected chi connectivity index (χ0v) is 9.67. The van der Waals surface area contributed by atoms with E-state index in [-0.39, 0.29) is 16.5 Å². The number of halogens is 1. The van der Waals surface area contributed by atoms with Crippen molar-refractivity contribution < 1.29 is 4.79 Å². The van der Waals surface area contributed by atoms with Crippen molar-refractivity contribution in [2.75, 3.05) is 6.54 Å². The fourth-order valence-electron chi connectivity index (χ4n) is 1.12. The first-order valence-electron chi connectivity index (χ1n) is 4.89. The molecule has 0 radical (unpaired) electrons. The zero-order valence-electron chi connectivity index (χ0n) is 8.92. The van der Waals surface area contributed by atoms with Crippen LogP contribution in [-0.4, -0.2) is 17.4 Å². The molecule has 0 fully saturated rings. The first-order valence-corrected chi connectivity index (χ1v) is 5.26. The van der Waals surface area contributed by atoms with E-state index in [1.807, 2.05) is 12.2 Å². The highest BCUT2D eigenvalue weighted by Gasteiger charge is 1.95.